The number of nitrogens with one attached hydrogen (secondary N) is 1. The van der Waals surface area contributed by atoms with Crippen molar-refractivity contribution in [2.24, 2.45) is 0 Å². The third-order valence-electron chi connectivity index (χ3n) is 3.63. The van der Waals surface area contributed by atoms with Crippen molar-refractivity contribution >= 4 is 23.2 Å². The van der Waals surface area contributed by atoms with Crippen LogP contribution in [0.3, 0.4) is 0 Å². The number of hydrogen-bond acceptors (Lipinski definition) is 5. The topological polar surface area (TPSA) is 115 Å². The van der Waals surface area contributed by atoms with E-state index in [1.165, 1.54) is 7.05 Å². The molecule has 0 unspecified atom stereocenters. The molecule has 0 aliphatic rings. The average molecular weight is 358 g/mol. The second-order valence-electron chi connectivity index (χ2n) is 5.77. The number of carbonyl (C=O) groups excluding carboxylic acids is 2. The van der Waals surface area contributed by atoms with Crippen LogP contribution in [0.25, 0.3) is 0 Å². The highest BCUT2D eigenvalue weighted by molar-refractivity contribution is 5.94. The summed E-state index contributed by atoms with van der Waals surface area (Å²) in [6.07, 6.45) is 1.00. The second-order valence-corrected chi connectivity index (χ2v) is 5.77. The Morgan fingerprint density at radius 3 is 2.46 bits per heavy atom. The number of anilines is 1. The molecule has 0 saturated heterocycles. The molecule has 0 fully saturated rings. The van der Waals surface area contributed by atoms with Crippen LogP contribution in [0.2, 0.25) is 0 Å². The van der Waals surface area contributed by atoms with Gasteiger partial charge in [0.25, 0.3) is 11.2 Å². The van der Waals surface area contributed by atoms with Crippen LogP contribution in [-0.2, 0) is 16.1 Å². The Morgan fingerprint density at radius 1 is 1.19 bits per heavy atom. The predicted molar refractivity (Wildman–Crippen MR) is 94.8 cm³/mol. The molecular formula is C17H18N4O5. The predicted octanol–water partition coefficient (Wildman–Crippen LogP) is 1.16. The van der Waals surface area contributed by atoms with Crippen molar-refractivity contribution in [3.8, 4) is 0 Å². The molecule has 0 saturated carbocycles. The van der Waals surface area contributed by atoms with Crippen molar-refractivity contribution in [1.29, 1.82) is 0 Å². The smallest absolute Gasteiger partial charge is 0.285 e. The van der Waals surface area contributed by atoms with Crippen LogP contribution < -0.4 is 10.9 Å². The highest BCUT2D eigenvalue weighted by Crippen LogP contribution is 2.09. The van der Waals surface area contributed by atoms with Gasteiger partial charge in [-0.2, -0.15) is 0 Å². The fourth-order valence-electron chi connectivity index (χ4n) is 2.16. The van der Waals surface area contributed by atoms with E-state index in [0.717, 1.165) is 33.4 Å². The molecule has 1 N–H and O–H groups in total. The van der Waals surface area contributed by atoms with Crippen LogP contribution in [0.5, 0.6) is 0 Å². The Kier molecular flexibility index (Phi) is 5.84. The van der Waals surface area contributed by atoms with Gasteiger partial charge < -0.3 is 10.2 Å². The molecular weight excluding hydrogens is 340 g/mol. The summed E-state index contributed by atoms with van der Waals surface area (Å²) >= 11 is 0. The second kappa shape index (κ2) is 8.06. The zero-order valence-corrected chi connectivity index (χ0v) is 14.3. The van der Waals surface area contributed by atoms with Gasteiger partial charge in [0.1, 0.15) is 6.54 Å². The summed E-state index contributed by atoms with van der Waals surface area (Å²) in [6.45, 7) is 1.32. The van der Waals surface area contributed by atoms with Gasteiger partial charge in [-0.3, -0.25) is 29.1 Å². The fraction of sp³-hybridized carbons (Fsp3) is 0.235. The van der Waals surface area contributed by atoms with Crippen LogP contribution in [0.15, 0.2) is 47.4 Å². The number of carbonyl (C=O) groups is 2. The lowest BCUT2D eigenvalue weighted by atomic mass is 10.2. The quantitative estimate of drug-likeness (QED) is 0.615. The molecule has 0 bridgehead atoms. The monoisotopic (exact) mass is 358 g/mol. The number of aryl methyl sites for hydroxylation is 1. The lowest BCUT2D eigenvalue weighted by Gasteiger charge is -2.17. The molecule has 0 aliphatic heterocycles. The van der Waals surface area contributed by atoms with Crippen molar-refractivity contribution in [3.63, 3.8) is 0 Å². The van der Waals surface area contributed by atoms with Crippen LogP contribution in [0, 0.1) is 17.0 Å². The van der Waals surface area contributed by atoms with E-state index in [1.54, 1.807) is 12.1 Å². The minimum absolute atomic E-state index is 0.212. The van der Waals surface area contributed by atoms with Crippen molar-refractivity contribution in [1.82, 2.24) is 9.47 Å². The summed E-state index contributed by atoms with van der Waals surface area (Å²) in [5, 5.41) is 13.4. The minimum atomic E-state index is -0.654. The highest BCUT2D eigenvalue weighted by atomic mass is 16.6. The van der Waals surface area contributed by atoms with Crippen molar-refractivity contribution in [3.05, 3.63) is 68.6 Å². The number of amides is 2. The normalized spacial score (nSPS) is 10.2. The Hall–Kier alpha value is -3.49. The Bertz CT molecular complexity index is 889. The molecule has 1 heterocycles. The van der Waals surface area contributed by atoms with Crippen LogP contribution >= 0.6 is 0 Å². The molecule has 0 aliphatic carbocycles. The molecule has 9 nitrogen and oxygen atoms in total. The van der Waals surface area contributed by atoms with Gasteiger partial charge in [0.15, 0.2) is 0 Å². The Morgan fingerprint density at radius 2 is 1.85 bits per heavy atom. The largest absolute Gasteiger partial charge is 0.335 e. The molecule has 9 heteroatoms. The summed E-state index contributed by atoms with van der Waals surface area (Å²) in [5.41, 5.74) is 0.827. The van der Waals surface area contributed by atoms with E-state index in [-0.39, 0.29) is 12.2 Å². The number of nitrogens with zero attached hydrogens (tertiary/aromatic N) is 3. The third kappa shape index (κ3) is 5.00. The van der Waals surface area contributed by atoms with Crippen LogP contribution in [-0.4, -0.2) is 39.8 Å². The van der Waals surface area contributed by atoms with Gasteiger partial charge in [-0.05, 0) is 19.1 Å². The van der Waals surface area contributed by atoms with Crippen molar-refractivity contribution < 1.29 is 14.5 Å². The first-order chi connectivity index (χ1) is 12.3. The molecule has 136 valence electrons. The molecule has 0 atom stereocenters. The number of pyridine rings is 1. The summed E-state index contributed by atoms with van der Waals surface area (Å²) < 4.78 is 0.939. The average Bonchev–Trinajstić information content (AvgIpc) is 2.58. The molecule has 2 aromatic rings. The van der Waals surface area contributed by atoms with Gasteiger partial charge in [0.05, 0.1) is 17.7 Å². The maximum absolute atomic E-state index is 12.2. The number of likely N-dealkylation sites (N-methyl/N-ethyl adjacent to an activating group) is 1. The van der Waals surface area contributed by atoms with E-state index in [4.69, 9.17) is 0 Å². The number of aromatic nitrogens is 1. The van der Waals surface area contributed by atoms with Gasteiger partial charge in [0.2, 0.25) is 11.8 Å². The number of benzene rings is 1. The van der Waals surface area contributed by atoms with Gasteiger partial charge in [0, 0.05) is 24.9 Å². The lowest BCUT2D eigenvalue weighted by molar-refractivity contribution is -0.385. The van der Waals surface area contributed by atoms with Gasteiger partial charge >= 0.3 is 0 Å². The summed E-state index contributed by atoms with van der Waals surface area (Å²) in [4.78, 5) is 47.2. The van der Waals surface area contributed by atoms with E-state index >= 15 is 0 Å². The molecule has 2 amide bonds. The van der Waals surface area contributed by atoms with Crippen molar-refractivity contribution in [2.45, 2.75) is 13.5 Å². The fourth-order valence-corrected chi connectivity index (χ4v) is 2.16. The zero-order chi connectivity index (χ0) is 19.3. The SMILES string of the molecule is Cc1ccc(NC(=O)CN(C)C(=O)Cn2cc([N+](=O)[O-])ccc2=O)cc1. The summed E-state index contributed by atoms with van der Waals surface area (Å²) in [6, 6.07) is 9.28. The first-order valence-corrected chi connectivity index (χ1v) is 7.71. The number of hydrogen-bond donors (Lipinski definition) is 1. The Labute approximate surface area is 149 Å². The van der Waals surface area contributed by atoms with E-state index in [1.807, 2.05) is 19.1 Å². The number of nitro groups is 1. The zero-order valence-electron chi connectivity index (χ0n) is 14.3. The first-order valence-electron chi connectivity index (χ1n) is 7.71. The number of rotatable bonds is 6. The van der Waals surface area contributed by atoms with Crippen molar-refractivity contribution in [2.75, 3.05) is 18.9 Å². The molecule has 1 aromatic heterocycles. The van der Waals surface area contributed by atoms with Gasteiger partial charge in [-0.25, -0.2) is 0 Å². The molecule has 0 spiro atoms. The molecule has 2 rings (SSSR count). The van der Waals surface area contributed by atoms with Crippen LogP contribution in [0.1, 0.15) is 5.56 Å². The summed E-state index contributed by atoms with van der Waals surface area (Å²) in [7, 11) is 1.42. The third-order valence-corrected chi connectivity index (χ3v) is 3.63. The maximum atomic E-state index is 12.2. The van der Waals surface area contributed by atoms with Crippen LogP contribution in [0.4, 0.5) is 11.4 Å². The van der Waals surface area contributed by atoms with E-state index in [0.29, 0.717) is 5.69 Å². The molecule has 0 radical (unpaired) electrons. The lowest BCUT2D eigenvalue weighted by Crippen LogP contribution is -2.38. The Balaban J connectivity index is 1.98. The molecule has 1 aromatic carbocycles. The van der Waals surface area contributed by atoms with E-state index in [9.17, 15) is 24.5 Å². The van der Waals surface area contributed by atoms with Gasteiger partial charge in [-0.1, -0.05) is 17.7 Å². The summed E-state index contributed by atoms with van der Waals surface area (Å²) in [5.74, 6) is -0.914. The van der Waals surface area contributed by atoms with E-state index < -0.39 is 28.8 Å². The highest BCUT2D eigenvalue weighted by Gasteiger charge is 2.16. The standard InChI is InChI=1S/C17H18N4O5/c1-12-3-5-13(6-4-12)18-15(22)10-19(2)17(24)11-20-9-14(21(25)26)7-8-16(20)23/h3-9H,10-11H2,1-2H3,(H,18,22). The first kappa shape index (κ1) is 18.8. The van der Waals surface area contributed by atoms with Gasteiger partial charge in [-0.15, -0.1) is 0 Å². The maximum Gasteiger partial charge on any atom is 0.285 e. The van der Waals surface area contributed by atoms with E-state index in [2.05, 4.69) is 5.32 Å². The minimum Gasteiger partial charge on any atom is -0.335 e. The molecule has 26 heavy (non-hydrogen) atoms.